The molecule has 2 N–H and O–H groups in total. The van der Waals surface area contributed by atoms with Crippen LogP contribution in [0.2, 0.25) is 0 Å². The van der Waals surface area contributed by atoms with Gasteiger partial charge in [0.1, 0.15) is 6.54 Å². The molecule has 2 aliphatic heterocycles. The van der Waals surface area contributed by atoms with Gasteiger partial charge in [0.05, 0.1) is 5.41 Å². The molecule has 44 heavy (non-hydrogen) atoms. The summed E-state index contributed by atoms with van der Waals surface area (Å²) < 4.78 is 2.49. The third-order valence-corrected chi connectivity index (χ3v) is 10.9. The molecule has 0 saturated carbocycles. The average Bonchev–Trinajstić information content (AvgIpc) is 3.38. The SMILES string of the molecule is CCN1/C(=C\C=C2\CCCC(/C=C\C3=[N+](CC)c4ccccc4C3(C)C)=C2Sc2ccc(N)cc2)C(C)(C)c2ccccc21. The highest BCUT2D eigenvalue weighted by molar-refractivity contribution is 8.03. The van der Waals surface area contributed by atoms with Gasteiger partial charge in [0, 0.05) is 56.5 Å². The number of nitrogen functional groups attached to an aromatic ring is 1. The summed E-state index contributed by atoms with van der Waals surface area (Å²) in [6, 6.07) is 26.1. The van der Waals surface area contributed by atoms with Gasteiger partial charge in [-0.05, 0) is 100 Å². The number of benzene rings is 3. The van der Waals surface area contributed by atoms with E-state index in [-0.39, 0.29) is 10.8 Å². The van der Waals surface area contributed by atoms with E-state index < -0.39 is 0 Å². The Bertz CT molecular complexity index is 1730. The van der Waals surface area contributed by atoms with E-state index in [2.05, 4.69) is 136 Å². The minimum absolute atomic E-state index is 0.0433. The molecule has 0 amide bonds. The quantitative estimate of drug-likeness (QED) is 0.216. The second-order valence-corrected chi connectivity index (χ2v) is 14.2. The first kappa shape index (κ1) is 30.3. The molecule has 0 aromatic heterocycles. The van der Waals surface area contributed by atoms with Crippen LogP contribution in [0.3, 0.4) is 0 Å². The van der Waals surface area contributed by atoms with Crippen LogP contribution < -0.4 is 10.6 Å². The van der Waals surface area contributed by atoms with Crippen molar-refractivity contribution in [1.82, 2.24) is 0 Å². The van der Waals surface area contributed by atoms with Gasteiger partial charge in [-0.1, -0.05) is 74.2 Å². The summed E-state index contributed by atoms with van der Waals surface area (Å²) in [5, 5.41) is 0. The van der Waals surface area contributed by atoms with Crippen molar-refractivity contribution in [2.45, 2.75) is 76.5 Å². The molecule has 0 fully saturated rings. The number of rotatable bonds is 7. The summed E-state index contributed by atoms with van der Waals surface area (Å²) >= 11 is 1.88. The summed E-state index contributed by atoms with van der Waals surface area (Å²) in [4.78, 5) is 5.09. The number of anilines is 2. The first-order chi connectivity index (χ1) is 21.2. The van der Waals surface area contributed by atoms with Crippen LogP contribution in [-0.2, 0) is 10.8 Å². The number of para-hydroxylation sites is 2. The zero-order valence-corrected chi connectivity index (χ0v) is 28.0. The van der Waals surface area contributed by atoms with Crippen LogP contribution in [0, 0.1) is 0 Å². The van der Waals surface area contributed by atoms with E-state index in [1.807, 2.05) is 23.9 Å². The molecule has 0 unspecified atom stereocenters. The minimum atomic E-state index is -0.0433. The normalized spacial score (nSPS) is 20.7. The fourth-order valence-corrected chi connectivity index (χ4v) is 8.44. The van der Waals surface area contributed by atoms with Crippen molar-refractivity contribution in [1.29, 1.82) is 0 Å². The van der Waals surface area contributed by atoms with Gasteiger partial charge in [0.25, 0.3) is 0 Å². The maximum absolute atomic E-state index is 6.06. The summed E-state index contributed by atoms with van der Waals surface area (Å²) in [7, 11) is 0. The van der Waals surface area contributed by atoms with Crippen LogP contribution in [0.4, 0.5) is 17.1 Å². The van der Waals surface area contributed by atoms with Crippen molar-refractivity contribution in [3.63, 3.8) is 0 Å². The van der Waals surface area contributed by atoms with Gasteiger partial charge in [0.2, 0.25) is 5.69 Å². The summed E-state index contributed by atoms with van der Waals surface area (Å²) in [5.41, 5.74) is 17.8. The van der Waals surface area contributed by atoms with Crippen LogP contribution in [0.15, 0.2) is 124 Å². The molecule has 3 aromatic rings. The molecule has 4 heteroatoms. The minimum Gasteiger partial charge on any atom is -0.399 e. The molecule has 0 bridgehead atoms. The van der Waals surface area contributed by atoms with Gasteiger partial charge in [-0.25, -0.2) is 0 Å². The lowest BCUT2D eigenvalue weighted by molar-refractivity contribution is -0.433. The van der Waals surface area contributed by atoms with Crippen LogP contribution >= 0.6 is 11.8 Å². The molecule has 0 spiro atoms. The molecular weight excluding hydrogens is 555 g/mol. The Morgan fingerprint density at radius 3 is 2.25 bits per heavy atom. The molecule has 3 nitrogen and oxygen atoms in total. The largest absolute Gasteiger partial charge is 0.399 e. The van der Waals surface area contributed by atoms with Gasteiger partial charge in [-0.2, -0.15) is 4.58 Å². The number of fused-ring (bicyclic) bond motifs is 2. The highest BCUT2D eigenvalue weighted by Gasteiger charge is 2.43. The van der Waals surface area contributed by atoms with Gasteiger partial charge in [0.15, 0.2) is 5.71 Å². The Kier molecular flexibility index (Phi) is 8.24. The Balaban J connectivity index is 1.44. The summed E-state index contributed by atoms with van der Waals surface area (Å²) in [6.07, 6.45) is 12.9. The van der Waals surface area contributed by atoms with E-state index in [9.17, 15) is 0 Å². The number of nitrogens with two attached hydrogens (primary N) is 1. The van der Waals surface area contributed by atoms with Crippen LogP contribution in [0.5, 0.6) is 0 Å². The van der Waals surface area contributed by atoms with Crippen molar-refractivity contribution >= 4 is 34.5 Å². The maximum Gasteiger partial charge on any atom is 0.209 e. The molecule has 0 radical (unpaired) electrons. The van der Waals surface area contributed by atoms with E-state index in [4.69, 9.17) is 5.73 Å². The van der Waals surface area contributed by atoms with Gasteiger partial charge in [-0.15, -0.1) is 0 Å². The number of thioether (sulfide) groups is 1. The lowest BCUT2D eigenvalue weighted by atomic mass is 9.81. The molecule has 3 aromatic carbocycles. The van der Waals surface area contributed by atoms with Crippen molar-refractivity contribution in [2.75, 3.05) is 23.7 Å². The fraction of sp³-hybridized carbons (Fsp3) is 0.325. The number of hydrogen-bond donors (Lipinski definition) is 1. The van der Waals surface area contributed by atoms with Gasteiger partial charge < -0.3 is 10.6 Å². The molecule has 3 aliphatic rings. The molecule has 0 atom stereocenters. The third-order valence-electron chi connectivity index (χ3n) is 9.69. The van der Waals surface area contributed by atoms with Gasteiger partial charge >= 0.3 is 0 Å². The van der Waals surface area contributed by atoms with Crippen molar-refractivity contribution in [2.24, 2.45) is 0 Å². The van der Waals surface area contributed by atoms with Crippen LogP contribution in [0.25, 0.3) is 0 Å². The maximum atomic E-state index is 6.06. The lowest BCUT2D eigenvalue weighted by Crippen LogP contribution is -2.27. The van der Waals surface area contributed by atoms with E-state index in [1.54, 1.807) is 0 Å². The summed E-state index contributed by atoms with van der Waals surface area (Å²) in [6.45, 7) is 15.9. The topological polar surface area (TPSA) is 32.3 Å². The number of hydrogen-bond acceptors (Lipinski definition) is 3. The van der Waals surface area contributed by atoms with Crippen molar-refractivity contribution in [3.05, 3.63) is 130 Å². The molecular formula is C40H46N3S+. The highest BCUT2D eigenvalue weighted by atomic mass is 32.2. The average molecular weight is 601 g/mol. The van der Waals surface area contributed by atoms with Crippen LogP contribution in [-0.4, -0.2) is 23.4 Å². The second kappa shape index (κ2) is 12.0. The Labute approximate surface area is 268 Å². The Hall–Kier alpha value is -3.76. The summed E-state index contributed by atoms with van der Waals surface area (Å²) in [5.74, 6) is 0. The number of allylic oxidation sites excluding steroid dienone is 7. The smallest absolute Gasteiger partial charge is 0.209 e. The van der Waals surface area contributed by atoms with E-state index >= 15 is 0 Å². The molecule has 6 rings (SSSR count). The predicted octanol–water partition coefficient (Wildman–Crippen LogP) is 10.1. The zero-order valence-electron chi connectivity index (χ0n) is 27.2. The molecule has 226 valence electrons. The molecule has 2 heterocycles. The Morgan fingerprint density at radius 1 is 0.818 bits per heavy atom. The number of likely N-dealkylation sites (N-methyl/N-ethyl adjacent to an activating group) is 1. The highest BCUT2D eigenvalue weighted by Crippen LogP contribution is 2.48. The van der Waals surface area contributed by atoms with Crippen molar-refractivity contribution in [3.8, 4) is 0 Å². The zero-order chi connectivity index (χ0) is 31.1. The van der Waals surface area contributed by atoms with Crippen molar-refractivity contribution < 1.29 is 4.58 Å². The van der Waals surface area contributed by atoms with Gasteiger partial charge in [-0.3, -0.25) is 0 Å². The van der Waals surface area contributed by atoms with E-state index in [0.717, 1.165) is 38.0 Å². The molecule has 0 saturated heterocycles. The predicted molar refractivity (Wildman–Crippen MR) is 190 cm³/mol. The monoisotopic (exact) mass is 600 g/mol. The van der Waals surface area contributed by atoms with E-state index in [0.29, 0.717) is 0 Å². The number of nitrogens with zero attached hydrogens (tertiary/aromatic N) is 2. The fourth-order valence-electron chi connectivity index (χ4n) is 7.33. The van der Waals surface area contributed by atoms with Crippen LogP contribution in [0.1, 0.15) is 71.9 Å². The first-order valence-corrected chi connectivity index (χ1v) is 17.0. The first-order valence-electron chi connectivity index (χ1n) is 16.1. The second-order valence-electron chi connectivity index (χ2n) is 13.1. The van der Waals surface area contributed by atoms with E-state index in [1.165, 1.54) is 54.9 Å². The third kappa shape index (κ3) is 5.28. The Morgan fingerprint density at radius 2 is 1.52 bits per heavy atom. The standard InChI is InChI=1S/C40H46N3S/c1-7-42-34-18-11-9-16-32(34)39(3,4)36(42)26-20-28-14-13-15-29(38(28)44-31-24-22-30(41)23-25-31)21-27-37-40(5,6)33-17-10-12-19-35(33)43(37)8-2/h9-12,16-27H,7-8,13-15,41H2,1-6H3/q+1. The molecule has 1 aliphatic carbocycles. The lowest BCUT2D eigenvalue weighted by Gasteiger charge is -2.26.